The molecule has 2 heterocycles. The van der Waals surface area contributed by atoms with Crippen LogP contribution in [-0.4, -0.2) is 22.8 Å². The van der Waals surface area contributed by atoms with E-state index in [1.54, 1.807) is 6.07 Å². The van der Waals surface area contributed by atoms with Gasteiger partial charge in [0.05, 0.1) is 22.9 Å². The summed E-state index contributed by atoms with van der Waals surface area (Å²) in [6, 6.07) is 14.3. The first kappa shape index (κ1) is 19.3. The summed E-state index contributed by atoms with van der Waals surface area (Å²) < 4.78 is 22.1. The summed E-state index contributed by atoms with van der Waals surface area (Å²) in [6.07, 6.45) is 0. The zero-order valence-electron chi connectivity index (χ0n) is 16.3. The molecule has 5 nitrogen and oxygen atoms in total. The molecule has 0 unspecified atom stereocenters. The normalized spacial score (nSPS) is 11.2. The van der Waals surface area contributed by atoms with Gasteiger partial charge in [0.2, 0.25) is 0 Å². The SMILES string of the molecule is COCc1c(C(=O)Nc2cccc(-n3nc(C)cc3C)c2)sc2cccc(F)c12. The van der Waals surface area contributed by atoms with Crippen LogP contribution in [0.25, 0.3) is 15.8 Å². The van der Waals surface area contributed by atoms with Crippen LogP contribution in [0.2, 0.25) is 0 Å². The topological polar surface area (TPSA) is 56.1 Å². The van der Waals surface area contributed by atoms with E-state index in [0.717, 1.165) is 21.8 Å². The van der Waals surface area contributed by atoms with Gasteiger partial charge < -0.3 is 10.1 Å². The van der Waals surface area contributed by atoms with Crippen LogP contribution in [0.3, 0.4) is 0 Å². The molecule has 0 atom stereocenters. The van der Waals surface area contributed by atoms with Crippen LogP contribution in [0.5, 0.6) is 0 Å². The first-order valence-electron chi connectivity index (χ1n) is 9.12. The lowest BCUT2D eigenvalue weighted by Gasteiger charge is -2.09. The molecule has 1 N–H and O–H groups in total. The molecule has 0 bridgehead atoms. The first-order chi connectivity index (χ1) is 14.0. The number of hydrogen-bond acceptors (Lipinski definition) is 4. The van der Waals surface area contributed by atoms with Crippen molar-refractivity contribution in [1.82, 2.24) is 9.78 Å². The van der Waals surface area contributed by atoms with Crippen LogP contribution < -0.4 is 5.32 Å². The van der Waals surface area contributed by atoms with Gasteiger partial charge in [-0.3, -0.25) is 4.79 Å². The van der Waals surface area contributed by atoms with Crippen LogP contribution in [0.1, 0.15) is 26.6 Å². The van der Waals surface area contributed by atoms with Crippen molar-refractivity contribution in [2.75, 3.05) is 12.4 Å². The van der Waals surface area contributed by atoms with Crippen molar-refractivity contribution in [2.45, 2.75) is 20.5 Å². The summed E-state index contributed by atoms with van der Waals surface area (Å²) in [4.78, 5) is 13.5. The smallest absolute Gasteiger partial charge is 0.266 e. The molecular weight excluding hydrogens is 389 g/mol. The van der Waals surface area contributed by atoms with Gasteiger partial charge in [-0.05, 0) is 50.2 Å². The third kappa shape index (κ3) is 3.66. The van der Waals surface area contributed by atoms with Gasteiger partial charge in [-0.15, -0.1) is 11.3 Å². The van der Waals surface area contributed by atoms with Crippen molar-refractivity contribution >= 4 is 33.0 Å². The Morgan fingerprint density at radius 3 is 2.72 bits per heavy atom. The highest BCUT2D eigenvalue weighted by Gasteiger charge is 2.21. The third-order valence-electron chi connectivity index (χ3n) is 4.62. The fourth-order valence-electron chi connectivity index (χ4n) is 3.43. The molecule has 1 amide bonds. The minimum Gasteiger partial charge on any atom is -0.380 e. The van der Waals surface area contributed by atoms with Crippen molar-refractivity contribution in [3.8, 4) is 5.69 Å². The van der Waals surface area contributed by atoms with E-state index in [0.29, 0.717) is 21.5 Å². The number of nitrogens with one attached hydrogen (secondary N) is 1. The Morgan fingerprint density at radius 1 is 1.21 bits per heavy atom. The number of fused-ring (bicyclic) bond motifs is 1. The van der Waals surface area contributed by atoms with Gasteiger partial charge in [0.25, 0.3) is 5.91 Å². The van der Waals surface area contributed by atoms with Crippen molar-refractivity contribution in [3.63, 3.8) is 0 Å². The predicted molar refractivity (Wildman–Crippen MR) is 113 cm³/mol. The molecule has 29 heavy (non-hydrogen) atoms. The number of carbonyl (C=O) groups is 1. The number of aromatic nitrogens is 2. The van der Waals surface area contributed by atoms with E-state index in [-0.39, 0.29) is 18.3 Å². The van der Waals surface area contributed by atoms with Gasteiger partial charge in [-0.2, -0.15) is 5.10 Å². The van der Waals surface area contributed by atoms with E-state index in [2.05, 4.69) is 10.4 Å². The number of benzene rings is 2. The zero-order chi connectivity index (χ0) is 20.5. The molecule has 4 aromatic rings. The summed E-state index contributed by atoms with van der Waals surface area (Å²) in [6.45, 7) is 4.08. The molecule has 0 aliphatic rings. The molecule has 0 fully saturated rings. The molecule has 0 saturated heterocycles. The lowest BCUT2D eigenvalue weighted by Crippen LogP contribution is -2.13. The Morgan fingerprint density at radius 2 is 2.00 bits per heavy atom. The Kier molecular flexibility index (Phi) is 5.17. The van der Waals surface area contributed by atoms with Crippen LogP contribution in [0.15, 0.2) is 48.5 Å². The van der Waals surface area contributed by atoms with Gasteiger partial charge >= 0.3 is 0 Å². The van der Waals surface area contributed by atoms with Crippen molar-refractivity contribution in [3.05, 3.63) is 76.2 Å². The molecule has 2 aromatic heterocycles. The van der Waals surface area contributed by atoms with Crippen LogP contribution >= 0.6 is 11.3 Å². The highest BCUT2D eigenvalue weighted by atomic mass is 32.1. The predicted octanol–water partition coefficient (Wildman–Crippen LogP) is 5.24. The molecule has 2 aromatic carbocycles. The van der Waals surface area contributed by atoms with E-state index in [1.807, 2.05) is 54.9 Å². The second-order valence-electron chi connectivity index (χ2n) is 6.80. The average molecular weight is 409 g/mol. The molecule has 0 saturated carbocycles. The first-order valence-corrected chi connectivity index (χ1v) is 9.93. The number of carbonyl (C=O) groups excluding carboxylic acids is 1. The molecule has 0 spiro atoms. The van der Waals surface area contributed by atoms with Gasteiger partial charge in [-0.25, -0.2) is 9.07 Å². The zero-order valence-corrected chi connectivity index (χ0v) is 17.1. The number of ether oxygens (including phenoxy) is 1. The van der Waals surface area contributed by atoms with Gasteiger partial charge in [0.15, 0.2) is 0 Å². The number of nitrogens with zero attached hydrogens (tertiary/aromatic N) is 2. The summed E-state index contributed by atoms with van der Waals surface area (Å²) >= 11 is 1.26. The molecule has 4 rings (SSSR count). The van der Waals surface area contributed by atoms with Crippen LogP contribution in [0, 0.1) is 19.7 Å². The summed E-state index contributed by atoms with van der Waals surface area (Å²) in [7, 11) is 1.53. The molecule has 148 valence electrons. The molecule has 0 aliphatic heterocycles. The molecular formula is C22H20FN3O2S. The maximum atomic E-state index is 14.4. The van der Waals surface area contributed by atoms with Gasteiger partial charge in [0.1, 0.15) is 5.82 Å². The maximum absolute atomic E-state index is 14.4. The van der Waals surface area contributed by atoms with Crippen LogP contribution in [-0.2, 0) is 11.3 Å². The monoisotopic (exact) mass is 409 g/mol. The van der Waals surface area contributed by atoms with Crippen LogP contribution in [0.4, 0.5) is 10.1 Å². The minimum absolute atomic E-state index is 0.162. The number of halogens is 1. The van der Waals surface area contributed by atoms with Gasteiger partial charge in [0, 0.05) is 34.1 Å². The number of anilines is 1. The van der Waals surface area contributed by atoms with Crippen molar-refractivity contribution in [2.24, 2.45) is 0 Å². The Hall–Kier alpha value is -3.03. The number of hydrogen-bond donors (Lipinski definition) is 1. The lowest BCUT2D eigenvalue weighted by molar-refractivity contribution is 0.102. The number of amides is 1. The quantitative estimate of drug-likeness (QED) is 0.490. The summed E-state index contributed by atoms with van der Waals surface area (Å²) in [5.41, 5.74) is 3.99. The highest BCUT2D eigenvalue weighted by molar-refractivity contribution is 7.21. The lowest BCUT2D eigenvalue weighted by atomic mass is 10.1. The fourth-order valence-corrected chi connectivity index (χ4v) is 4.54. The van der Waals surface area contributed by atoms with E-state index in [4.69, 9.17) is 4.74 Å². The number of aryl methyl sites for hydroxylation is 2. The van der Waals surface area contributed by atoms with E-state index in [9.17, 15) is 9.18 Å². The summed E-state index contributed by atoms with van der Waals surface area (Å²) in [5, 5.41) is 7.86. The summed E-state index contributed by atoms with van der Waals surface area (Å²) in [5.74, 6) is -0.639. The number of thiophene rings is 1. The van der Waals surface area contributed by atoms with E-state index in [1.165, 1.54) is 24.5 Å². The maximum Gasteiger partial charge on any atom is 0.266 e. The highest BCUT2D eigenvalue weighted by Crippen LogP contribution is 2.34. The largest absolute Gasteiger partial charge is 0.380 e. The van der Waals surface area contributed by atoms with Gasteiger partial charge in [-0.1, -0.05) is 12.1 Å². The fraction of sp³-hybridized carbons (Fsp3) is 0.182. The van der Waals surface area contributed by atoms with Crippen molar-refractivity contribution < 1.29 is 13.9 Å². The standard InChI is InChI=1S/C22H20FN3O2S/c1-13-10-14(2)26(25-13)16-7-4-6-15(11-16)24-22(27)21-17(12-28-3)20-18(23)8-5-9-19(20)29-21/h4-11H,12H2,1-3H3,(H,24,27). The Labute approximate surface area is 171 Å². The minimum atomic E-state index is -0.351. The second kappa shape index (κ2) is 7.77. The second-order valence-corrected chi connectivity index (χ2v) is 7.85. The number of methoxy groups -OCH3 is 1. The Balaban J connectivity index is 1.68. The average Bonchev–Trinajstić information content (AvgIpc) is 3.23. The molecule has 0 aliphatic carbocycles. The van der Waals surface area contributed by atoms with E-state index >= 15 is 0 Å². The molecule has 0 radical (unpaired) electrons. The van der Waals surface area contributed by atoms with Crippen molar-refractivity contribution in [1.29, 1.82) is 0 Å². The Bertz CT molecular complexity index is 1210. The number of rotatable bonds is 5. The third-order valence-corrected chi connectivity index (χ3v) is 5.81. The molecule has 7 heteroatoms. The van der Waals surface area contributed by atoms with E-state index < -0.39 is 0 Å².